The number of fused-ring (bicyclic) bond motifs is 1. The minimum Gasteiger partial charge on any atom is -0.376 e. The predicted octanol–water partition coefficient (Wildman–Crippen LogP) is 3.91. The van der Waals surface area contributed by atoms with Gasteiger partial charge in [-0.15, -0.1) is 0 Å². The number of benzene rings is 2. The van der Waals surface area contributed by atoms with Gasteiger partial charge in [-0.3, -0.25) is 4.79 Å². The van der Waals surface area contributed by atoms with Crippen molar-refractivity contribution < 1.29 is 4.79 Å². The van der Waals surface area contributed by atoms with Crippen LogP contribution in [0.25, 0.3) is 0 Å². The van der Waals surface area contributed by atoms with Crippen LogP contribution in [0, 0.1) is 13.8 Å². The Balaban J connectivity index is 1.61. The molecular formula is C20H24N2O. The SMILES string of the molecule is Cc1ccc(C)c(NCC(=O)NC2CCCc3ccccc32)c1. The molecule has 1 aliphatic carbocycles. The van der Waals surface area contributed by atoms with Gasteiger partial charge in [0.15, 0.2) is 0 Å². The van der Waals surface area contributed by atoms with Crippen molar-refractivity contribution in [2.75, 3.05) is 11.9 Å². The molecule has 2 N–H and O–H groups in total. The molecule has 0 fully saturated rings. The minimum atomic E-state index is 0.0487. The summed E-state index contributed by atoms with van der Waals surface area (Å²) in [6.07, 6.45) is 3.27. The van der Waals surface area contributed by atoms with Gasteiger partial charge in [-0.2, -0.15) is 0 Å². The molecule has 0 aliphatic heterocycles. The number of amides is 1. The van der Waals surface area contributed by atoms with Gasteiger partial charge in [-0.05, 0) is 61.4 Å². The molecule has 2 aromatic rings. The van der Waals surface area contributed by atoms with Crippen LogP contribution in [0.5, 0.6) is 0 Å². The van der Waals surface area contributed by atoms with E-state index in [4.69, 9.17) is 0 Å². The maximum atomic E-state index is 12.3. The van der Waals surface area contributed by atoms with E-state index in [0.29, 0.717) is 6.54 Å². The number of nitrogens with one attached hydrogen (secondary N) is 2. The van der Waals surface area contributed by atoms with E-state index >= 15 is 0 Å². The van der Waals surface area contributed by atoms with Crippen LogP contribution in [-0.4, -0.2) is 12.5 Å². The van der Waals surface area contributed by atoms with Gasteiger partial charge in [0.1, 0.15) is 0 Å². The van der Waals surface area contributed by atoms with Crippen molar-refractivity contribution in [1.29, 1.82) is 0 Å². The number of carbonyl (C=O) groups excluding carboxylic acids is 1. The Labute approximate surface area is 138 Å². The van der Waals surface area contributed by atoms with Crippen LogP contribution in [-0.2, 0) is 11.2 Å². The Bertz CT molecular complexity index is 709. The molecule has 0 spiro atoms. The first-order valence-corrected chi connectivity index (χ1v) is 8.32. The third-order valence-corrected chi connectivity index (χ3v) is 4.54. The van der Waals surface area contributed by atoms with E-state index in [-0.39, 0.29) is 11.9 Å². The first kappa shape index (κ1) is 15.6. The molecule has 1 aliphatic rings. The number of hydrogen-bond acceptors (Lipinski definition) is 2. The third kappa shape index (κ3) is 3.73. The normalized spacial score (nSPS) is 16.5. The van der Waals surface area contributed by atoms with Crippen molar-refractivity contribution in [2.45, 2.75) is 39.2 Å². The van der Waals surface area contributed by atoms with Gasteiger partial charge in [0.25, 0.3) is 0 Å². The summed E-state index contributed by atoms with van der Waals surface area (Å²) in [6, 6.07) is 14.8. The Morgan fingerprint density at radius 3 is 2.87 bits per heavy atom. The van der Waals surface area contributed by atoms with Crippen LogP contribution < -0.4 is 10.6 Å². The lowest BCUT2D eigenvalue weighted by Gasteiger charge is -2.26. The van der Waals surface area contributed by atoms with Crippen molar-refractivity contribution in [3.05, 3.63) is 64.7 Å². The van der Waals surface area contributed by atoms with E-state index < -0.39 is 0 Å². The Kier molecular flexibility index (Phi) is 4.65. The maximum Gasteiger partial charge on any atom is 0.239 e. The van der Waals surface area contributed by atoms with Gasteiger partial charge in [-0.25, -0.2) is 0 Å². The quantitative estimate of drug-likeness (QED) is 0.899. The number of anilines is 1. The Morgan fingerprint density at radius 2 is 2.00 bits per heavy atom. The molecule has 1 unspecified atom stereocenters. The lowest BCUT2D eigenvalue weighted by molar-refractivity contribution is -0.120. The van der Waals surface area contributed by atoms with Gasteiger partial charge in [0.05, 0.1) is 12.6 Å². The van der Waals surface area contributed by atoms with E-state index in [1.165, 1.54) is 16.7 Å². The summed E-state index contributed by atoms with van der Waals surface area (Å²) >= 11 is 0. The molecule has 0 heterocycles. The van der Waals surface area contributed by atoms with E-state index in [9.17, 15) is 4.79 Å². The van der Waals surface area contributed by atoms with Gasteiger partial charge >= 0.3 is 0 Å². The zero-order chi connectivity index (χ0) is 16.2. The highest BCUT2D eigenvalue weighted by molar-refractivity contribution is 5.81. The maximum absolute atomic E-state index is 12.3. The highest BCUT2D eigenvalue weighted by Gasteiger charge is 2.21. The van der Waals surface area contributed by atoms with E-state index in [1.807, 2.05) is 0 Å². The first-order valence-electron chi connectivity index (χ1n) is 8.32. The molecule has 1 atom stereocenters. The summed E-state index contributed by atoms with van der Waals surface area (Å²) in [4.78, 5) is 12.3. The number of hydrogen-bond donors (Lipinski definition) is 2. The lowest BCUT2D eigenvalue weighted by atomic mass is 9.88. The molecule has 23 heavy (non-hydrogen) atoms. The van der Waals surface area contributed by atoms with Gasteiger partial charge in [0, 0.05) is 5.69 Å². The standard InChI is InChI=1S/C20H24N2O/c1-14-10-11-15(2)19(12-14)21-13-20(23)22-18-9-5-7-16-6-3-4-8-17(16)18/h3-4,6,8,10-12,18,21H,5,7,9,13H2,1-2H3,(H,22,23). The van der Waals surface area contributed by atoms with Crippen LogP contribution >= 0.6 is 0 Å². The Hall–Kier alpha value is -2.29. The minimum absolute atomic E-state index is 0.0487. The molecular weight excluding hydrogens is 284 g/mol. The smallest absolute Gasteiger partial charge is 0.239 e. The molecule has 0 bridgehead atoms. The van der Waals surface area contributed by atoms with Gasteiger partial charge in [0.2, 0.25) is 5.91 Å². The molecule has 0 saturated heterocycles. The van der Waals surface area contributed by atoms with Crippen molar-refractivity contribution >= 4 is 11.6 Å². The van der Waals surface area contributed by atoms with Crippen LogP contribution in [0.3, 0.4) is 0 Å². The van der Waals surface area contributed by atoms with Crippen LogP contribution in [0.2, 0.25) is 0 Å². The summed E-state index contributed by atoms with van der Waals surface area (Å²) in [5.41, 5.74) is 6.03. The number of carbonyl (C=O) groups is 1. The van der Waals surface area contributed by atoms with Crippen LogP contribution in [0.15, 0.2) is 42.5 Å². The summed E-state index contributed by atoms with van der Waals surface area (Å²) in [6.45, 7) is 4.42. The second kappa shape index (κ2) is 6.86. The second-order valence-electron chi connectivity index (χ2n) is 6.38. The molecule has 0 saturated carbocycles. The fourth-order valence-corrected chi connectivity index (χ4v) is 3.25. The molecule has 0 radical (unpaired) electrons. The highest BCUT2D eigenvalue weighted by Crippen LogP contribution is 2.29. The van der Waals surface area contributed by atoms with Gasteiger partial charge < -0.3 is 10.6 Å². The largest absolute Gasteiger partial charge is 0.376 e. The first-order chi connectivity index (χ1) is 11.1. The zero-order valence-electron chi connectivity index (χ0n) is 13.9. The summed E-state index contributed by atoms with van der Waals surface area (Å²) in [5, 5.41) is 6.43. The van der Waals surface area contributed by atoms with Crippen molar-refractivity contribution in [3.63, 3.8) is 0 Å². The fourth-order valence-electron chi connectivity index (χ4n) is 3.25. The monoisotopic (exact) mass is 308 g/mol. The summed E-state index contributed by atoms with van der Waals surface area (Å²) < 4.78 is 0. The lowest BCUT2D eigenvalue weighted by Crippen LogP contribution is -2.35. The zero-order valence-corrected chi connectivity index (χ0v) is 13.9. The fraction of sp³-hybridized carbons (Fsp3) is 0.350. The molecule has 3 heteroatoms. The number of rotatable bonds is 4. The predicted molar refractivity (Wildman–Crippen MR) is 94.7 cm³/mol. The van der Waals surface area contributed by atoms with Crippen molar-refractivity contribution in [2.24, 2.45) is 0 Å². The second-order valence-corrected chi connectivity index (χ2v) is 6.38. The summed E-state index contributed by atoms with van der Waals surface area (Å²) in [5.74, 6) is 0.0487. The highest BCUT2D eigenvalue weighted by atomic mass is 16.1. The molecule has 1 amide bonds. The van der Waals surface area contributed by atoms with E-state index in [2.05, 4.69) is 66.9 Å². The van der Waals surface area contributed by atoms with Crippen molar-refractivity contribution in [1.82, 2.24) is 5.32 Å². The average molecular weight is 308 g/mol. The molecule has 3 nitrogen and oxygen atoms in total. The van der Waals surface area contributed by atoms with Crippen LogP contribution in [0.1, 0.15) is 41.1 Å². The molecule has 3 rings (SSSR count). The van der Waals surface area contributed by atoms with Crippen molar-refractivity contribution in [3.8, 4) is 0 Å². The average Bonchev–Trinajstić information content (AvgIpc) is 2.56. The molecule has 120 valence electrons. The van der Waals surface area contributed by atoms with E-state index in [0.717, 1.165) is 30.5 Å². The van der Waals surface area contributed by atoms with Gasteiger partial charge in [-0.1, -0.05) is 36.4 Å². The van der Waals surface area contributed by atoms with E-state index in [1.54, 1.807) is 0 Å². The Morgan fingerprint density at radius 1 is 1.17 bits per heavy atom. The summed E-state index contributed by atoms with van der Waals surface area (Å²) in [7, 11) is 0. The molecule has 2 aromatic carbocycles. The van der Waals surface area contributed by atoms with Crippen LogP contribution in [0.4, 0.5) is 5.69 Å². The third-order valence-electron chi connectivity index (χ3n) is 4.54. The topological polar surface area (TPSA) is 41.1 Å². The molecule has 0 aromatic heterocycles. The number of aryl methyl sites for hydroxylation is 3.